The van der Waals surface area contributed by atoms with Gasteiger partial charge in [0.1, 0.15) is 0 Å². The first-order valence-corrected chi connectivity index (χ1v) is 33.1. The number of hydrogen-bond donors (Lipinski definition) is 0. The molecular formula is C86H65BN4S. The van der Waals surface area contributed by atoms with E-state index >= 15 is 0 Å². The number of para-hydroxylation sites is 4. The minimum Gasteiger partial charge on any atom is -0.311 e. The van der Waals surface area contributed by atoms with Crippen LogP contribution in [-0.4, -0.2) is 15.8 Å². The average Bonchev–Trinajstić information content (AvgIpc) is 0.751. The number of anilines is 6. The molecule has 16 aromatic rings. The van der Waals surface area contributed by atoms with Crippen LogP contribution in [0, 0.1) is 0 Å². The fourth-order valence-electron chi connectivity index (χ4n) is 15.2. The molecule has 0 atom stereocenters. The molecule has 18 rings (SSSR count). The molecule has 0 radical (unpaired) electrons. The van der Waals surface area contributed by atoms with E-state index in [-0.39, 0.29) is 17.5 Å². The number of fused-ring (bicyclic) bond motifs is 13. The minimum atomic E-state index is -0.178. The van der Waals surface area contributed by atoms with Crippen molar-refractivity contribution in [2.24, 2.45) is 0 Å². The minimum absolute atomic E-state index is 0.0575. The first kappa shape index (κ1) is 54.3. The van der Waals surface area contributed by atoms with E-state index in [4.69, 9.17) is 0 Å². The van der Waals surface area contributed by atoms with Crippen LogP contribution in [0.5, 0.6) is 0 Å². The van der Waals surface area contributed by atoms with Crippen molar-refractivity contribution in [1.82, 2.24) is 9.13 Å². The van der Waals surface area contributed by atoms with Gasteiger partial charge in [0.05, 0.1) is 22.1 Å². The molecule has 5 heterocycles. The maximum atomic E-state index is 2.61. The Kier molecular flexibility index (Phi) is 12.1. The van der Waals surface area contributed by atoms with Gasteiger partial charge in [-0.05, 0) is 175 Å². The van der Waals surface area contributed by atoms with Gasteiger partial charge in [-0.2, -0.15) is 0 Å². The molecule has 0 amide bonds. The van der Waals surface area contributed by atoms with Crippen LogP contribution < -0.4 is 26.2 Å². The number of nitrogens with zero attached hydrogens (tertiary/aromatic N) is 4. The van der Waals surface area contributed by atoms with Gasteiger partial charge in [0.2, 0.25) is 0 Å². The third kappa shape index (κ3) is 8.50. The highest BCUT2D eigenvalue weighted by Crippen LogP contribution is 2.50. The van der Waals surface area contributed by atoms with Gasteiger partial charge >= 0.3 is 0 Å². The van der Waals surface area contributed by atoms with Gasteiger partial charge in [-0.25, -0.2) is 0 Å². The fourth-order valence-corrected chi connectivity index (χ4v) is 16.3. The third-order valence-electron chi connectivity index (χ3n) is 19.8. The van der Waals surface area contributed by atoms with Gasteiger partial charge in [-0.15, -0.1) is 11.3 Å². The predicted molar refractivity (Wildman–Crippen MR) is 396 cm³/mol. The lowest BCUT2D eigenvalue weighted by Crippen LogP contribution is -2.61. The van der Waals surface area contributed by atoms with E-state index < -0.39 is 0 Å². The average molecular weight is 1200 g/mol. The molecule has 0 spiro atoms. The molecular weight excluding hydrogens is 1130 g/mol. The second-order valence-electron chi connectivity index (χ2n) is 27.3. The quantitative estimate of drug-likeness (QED) is 0.148. The number of thiophene rings is 1. The first-order valence-electron chi connectivity index (χ1n) is 32.2. The summed E-state index contributed by atoms with van der Waals surface area (Å²) in [6.07, 6.45) is 0. The largest absolute Gasteiger partial charge is 0.311 e. The van der Waals surface area contributed by atoms with Crippen molar-refractivity contribution in [2.45, 2.75) is 52.4 Å². The van der Waals surface area contributed by atoms with E-state index in [1.165, 1.54) is 119 Å². The summed E-state index contributed by atoms with van der Waals surface area (Å²) < 4.78 is 7.55. The van der Waals surface area contributed by atoms with Crippen LogP contribution in [0.15, 0.2) is 285 Å². The zero-order chi connectivity index (χ0) is 61.7. The molecule has 6 heteroatoms. The zero-order valence-corrected chi connectivity index (χ0v) is 53.2. The first-order chi connectivity index (χ1) is 44.9. The molecule has 2 aliphatic rings. The Hall–Kier alpha value is -10.7. The second-order valence-corrected chi connectivity index (χ2v) is 28.4. The fraction of sp³-hybridized carbons (Fsp3) is 0.0930. The topological polar surface area (TPSA) is 16.3 Å². The third-order valence-corrected chi connectivity index (χ3v) is 21.0. The van der Waals surface area contributed by atoms with E-state index in [1.807, 2.05) is 11.3 Å². The number of rotatable bonds is 7. The van der Waals surface area contributed by atoms with Gasteiger partial charge in [0, 0.05) is 87.2 Å². The highest BCUT2D eigenvalue weighted by Gasteiger charge is 2.45. The smallest absolute Gasteiger partial charge is 0.252 e. The molecule has 4 nitrogen and oxygen atoms in total. The van der Waals surface area contributed by atoms with Gasteiger partial charge in [0.15, 0.2) is 0 Å². The van der Waals surface area contributed by atoms with Crippen LogP contribution >= 0.6 is 11.3 Å². The Balaban J connectivity index is 0.957. The van der Waals surface area contributed by atoms with Crippen molar-refractivity contribution in [3.8, 4) is 44.8 Å². The Morgan fingerprint density at radius 2 is 0.663 bits per heavy atom. The monoisotopic (exact) mass is 1200 g/mol. The van der Waals surface area contributed by atoms with Crippen LogP contribution in [0.1, 0.15) is 52.7 Å². The zero-order valence-electron chi connectivity index (χ0n) is 52.4. The maximum Gasteiger partial charge on any atom is 0.252 e. The maximum absolute atomic E-state index is 2.61. The second kappa shape index (κ2) is 20.4. The number of aromatic nitrogens is 2. The molecule has 2 aliphatic heterocycles. The van der Waals surface area contributed by atoms with Crippen molar-refractivity contribution in [3.63, 3.8) is 0 Å². The van der Waals surface area contributed by atoms with Crippen molar-refractivity contribution < 1.29 is 0 Å². The Bertz CT molecular complexity index is 5340. The summed E-state index contributed by atoms with van der Waals surface area (Å²) in [6, 6.07) is 108. The van der Waals surface area contributed by atoms with Crippen LogP contribution in [0.2, 0.25) is 0 Å². The summed E-state index contributed by atoms with van der Waals surface area (Å²) in [7, 11) is 0. The molecule has 0 unspecified atom stereocenters. The molecule has 3 aromatic heterocycles. The molecule has 438 valence electrons. The summed E-state index contributed by atoms with van der Waals surface area (Å²) in [5.74, 6) is 0. The van der Waals surface area contributed by atoms with Gasteiger partial charge in [0.25, 0.3) is 6.71 Å². The van der Waals surface area contributed by atoms with E-state index in [2.05, 4.69) is 346 Å². The van der Waals surface area contributed by atoms with E-state index in [0.29, 0.717) is 0 Å². The number of hydrogen-bond acceptors (Lipinski definition) is 3. The molecule has 0 aliphatic carbocycles. The summed E-state index contributed by atoms with van der Waals surface area (Å²) in [5, 5.41) is 7.48. The number of benzene rings is 13. The lowest BCUT2D eigenvalue weighted by Gasteiger charge is -2.44. The highest BCUT2D eigenvalue weighted by atomic mass is 32.1. The predicted octanol–water partition coefficient (Wildman–Crippen LogP) is 21.9. The standard InChI is InChI=1S/C86H65BN4S/c1-85(2,3)60-38-29-54(30-39-60)56-33-42-64(43-34-56)90-78-52-76-69(66-23-13-16-26-74(66)88(76)62-19-9-7-10-20-62)50-72(78)87-73-51-70-67-24-14-17-27-75(67)89(63-21-11-8-12-22-63)77(70)53-79(73)91(65-44-35-57(36-45-65)55-31-40-61(41-32-55)86(4,5)6)81-49-59(48-80(90)84(81)87)58-37-46-83-71(47-58)68-25-15-18-28-82(68)92-83/h7-53H,1-6H3. The van der Waals surface area contributed by atoms with Crippen LogP contribution in [0.3, 0.4) is 0 Å². The van der Waals surface area contributed by atoms with Crippen molar-refractivity contribution in [2.75, 3.05) is 9.80 Å². The Labute approximate surface area is 541 Å². The SMILES string of the molecule is CC(C)(C)c1ccc(-c2ccc(N3c4cc5c(cc4B4c6cc7c8ccccc8n(-c8ccccc8)c7cc6N(c6ccc(-c7ccc(C(C)(C)C)cc7)cc6)c6cc(-c7ccc8sc9ccccc9c8c7)cc3c64)c3ccccc3n5-c3ccccc3)cc2)cc1. The van der Waals surface area contributed by atoms with Gasteiger partial charge < -0.3 is 18.9 Å². The van der Waals surface area contributed by atoms with Crippen LogP contribution in [0.4, 0.5) is 34.1 Å². The molecule has 0 saturated heterocycles. The Morgan fingerprint density at radius 1 is 0.272 bits per heavy atom. The summed E-state index contributed by atoms with van der Waals surface area (Å²) in [5.41, 5.74) is 27.5. The summed E-state index contributed by atoms with van der Waals surface area (Å²) in [6.45, 7) is 13.5. The molecule has 0 bridgehead atoms. The molecule has 92 heavy (non-hydrogen) atoms. The molecule has 0 saturated carbocycles. The molecule has 0 N–H and O–H groups in total. The summed E-state index contributed by atoms with van der Waals surface area (Å²) >= 11 is 1.87. The van der Waals surface area contributed by atoms with Crippen molar-refractivity contribution >= 4 is 132 Å². The van der Waals surface area contributed by atoms with Crippen molar-refractivity contribution in [1.29, 1.82) is 0 Å². The van der Waals surface area contributed by atoms with Crippen LogP contribution in [0.25, 0.3) is 109 Å². The molecule has 0 fully saturated rings. The van der Waals surface area contributed by atoms with Crippen molar-refractivity contribution in [3.05, 3.63) is 296 Å². The molecule has 13 aromatic carbocycles. The van der Waals surface area contributed by atoms with Gasteiger partial charge in [-0.3, -0.25) is 0 Å². The van der Waals surface area contributed by atoms with E-state index in [0.717, 1.165) is 51.1 Å². The Morgan fingerprint density at radius 3 is 1.12 bits per heavy atom. The lowest BCUT2D eigenvalue weighted by molar-refractivity contribution is 0.590. The summed E-state index contributed by atoms with van der Waals surface area (Å²) in [4.78, 5) is 5.22. The van der Waals surface area contributed by atoms with E-state index in [1.54, 1.807) is 0 Å². The van der Waals surface area contributed by atoms with Crippen LogP contribution in [-0.2, 0) is 10.8 Å². The van der Waals surface area contributed by atoms with Gasteiger partial charge in [-0.1, -0.05) is 224 Å². The lowest BCUT2D eigenvalue weighted by atomic mass is 9.33. The normalized spacial score (nSPS) is 13.0. The van der Waals surface area contributed by atoms with E-state index in [9.17, 15) is 0 Å². The highest BCUT2D eigenvalue weighted by molar-refractivity contribution is 7.25.